The molecule has 0 unspecified atom stereocenters. The number of halogens is 1. The lowest BCUT2D eigenvalue weighted by Crippen LogP contribution is -2.15. The molecule has 2 aromatic rings. The highest BCUT2D eigenvalue weighted by atomic mass is 35.5. The van der Waals surface area contributed by atoms with Crippen molar-refractivity contribution in [2.75, 3.05) is 17.7 Å². The zero-order valence-electron chi connectivity index (χ0n) is 11.8. The normalized spacial score (nSPS) is 10.3. The SMILES string of the molecule is CCOC(=O)c1ccsc1NC(=O)CSc1ccc(Cl)cc1. The molecule has 22 heavy (non-hydrogen) atoms. The number of hydrogen-bond acceptors (Lipinski definition) is 5. The summed E-state index contributed by atoms with van der Waals surface area (Å²) in [5, 5.41) is 5.66. The molecule has 1 amide bonds. The van der Waals surface area contributed by atoms with Gasteiger partial charge in [-0.1, -0.05) is 11.6 Å². The fraction of sp³-hybridized carbons (Fsp3) is 0.200. The predicted molar refractivity (Wildman–Crippen MR) is 91.1 cm³/mol. The average molecular weight is 356 g/mol. The molecule has 1 aromatic carbocycles. The van der Waals surface area contributed by atoms with E-state index < -0.39 is 5.97 Å². The first-order chi connectivity index (χ1) is 10.6. The summed E-state index contributed by atoms with van der Waals surface area (Å²) in [5.41, 5.74) is 0.386. The van der Waals surface area contributed by atoms with E-state index in [-0.39, 0.29) is 11.7 Å². The summed E-state index contributed by atoms with van der Waals surface area (Å²) >= 11 is 8.51. The summed E-state index contributed by atoms with van der Waals surface area (Å²) in [6, 6.07) is 8.91. The van der Waals surface area contributed by atoms with E-state index >= 15 is 0 Å². The molecule has 0 spiro atoms. The van der Waals surface area contributed by atoms with E-state index in [1.54, 1.807) is 30.5 Å². The molecule has 0 aliphatic heterocycles. The number of carbonyl (C=O) groups excluding carboxylic acids is 2. The van der Waals surface area contributed by atoms with Gasteiger partial charge < -0.3 is 10.1 Å². The minimum atomic E-state index is -0.426. The molecule has 0 saturated heterocycles. The number of carbonyl (C=O) groups is 2. The van der Waals surface area contributed by atoms with Gasteiger partial charge in [-0.3, -0.25) is 4.79 Å². The van der Waals surface area contributed by atoms with E-state index in [1.807, 2.05) is 12.1 Å². The summed E-state index contributed by atoms with van der Waals surface area (Å²) in [4.78, 5) is 24.7. The molecule has 0 aliphatic rings. The Morgan fingerprint density at radius 2 is 2.00 bits per heavy atom. The smallest absolute Gasteiger partial charge is 0.341 e. The number of anilines is 1. The van der Waals surface area contributed by atoms with Crippen molar-refractivity contribution < 1.29 is 14.3 Å². The van der Waals surface area contributed by atoms with Crippen molar-refractivity contribution in [2.24, 2.45) is 0 Å². The van der Waals surface area contributed by atoms with Gasteiger partial charge in [0.15, 0.2) is 0 Å². The largest absolute Gasteiger partial charge is 0.462 e. The van der Waals surface area contributed by atoms with Crippen LogP contribution >= 0.6 is 34.7 Å². The van der Waals surface area contributed by atoms with Crippen LogP contribution in [0.3, 0.4) is 0 Å². The Balaban J connectivity index is 1.91. The highest BCUT2D eigenvalue weighted by molar-refractivity contribution is 8.00. The first-order valence-electron chi connectivity index (χ1n) is 6.53. The minimum Gasteiger partial charge on any atom is -0.462 e. The summed E-state index contributed by atoms with van der Waals surface area (Å²) in [6.45, 7) is 2.04. The lowest BCUT2D eigenvalue weighted by atomic mass is 10.3. The van der Waals surface area contributed by atoms with Gasteiger partial charge in [0, 0.05) is 9.92 Å². The van der Waals surface area contributed by atoms with Crippen LogP contribution in [0.1, 0.15) is 17.3 Å². The highest BCUT2D eigenvalue weighted by Gasteiger charge is 2.16. The van der Waals surface area contributed by atoms with Gasteiger partial charge in [-0.2, -0.15) is 0 Å². The molecule has 0 fully saturated rings. The third-order valence-corrected chi connectivity index (χ3v) is 4.69. The lowest BCUT2D eigenvalue weighted by Gasteiger charge is -2.06. The Bertz CT molecular complexity index is 655. The molecule has 1 N–H and O–H groups in total. The first-order valence-corrected chi connectivity index (χ1v) is 8.77. The number of benzene rings is 1. The van der Waals surface area contributed by atoms with Crippen molar-refractivity contribution in [1.29, 1.82) is 0 Å². The second-order valence-electron chi connectivity index (χ2n) is 4.17. The maximum Gasteiger partial charge on any atom is 0.341 e. The molecule has 0 aliphatic carbocycles. The van der Waals surface area contributed by atoms with Crippen molar-refractivity contribution in [1.82, 2.24) is 0 Å². The highest BCUT2D eigenvalue weighted by Crippen LogP contribution is 2.25. The van der Waals surface area contributed by atoms with Gasteiger partial charge in [0.05, 0.1) is 17.9 Å². The number of thioether (sulfide) groups is 1. The predicted octanol–water partition coefficient (Wildman–Crippen LogP) is 4.31. The van der Waals surface area contributed by atoms with E-state index in [0.717, 1.165) is 4.90 Å². The molecule has 0 bridgehead atoms. The van der Waals surface area contributed by atoms with Gasteiger partial charge in [0.1, 0.15) is 5.00 Å². The van der Waals surface area contributed by atoms with Crippen LogP contribution in [-0.2, 0) is 9.53 Å². The zero-order chi connectivity index (χ0) is 15.9. The molecule has 7 heteroatoms. The molecule has 4 nitrogen and oxygen atoms in total. The summed E-state index contributed by atoms with van der Waals surface area (Å²) in [6.07, 6.45) is 0. The number of nitrogens with one attached hydrogen (secondary N) is 1. The van der Waals surface area contributed by atoms with Gasteiger partial charge >= 0.3 is 5.97 Å². The van der Waals surface area contributed by atoms with Crippen molar-refractivity contribution in [3.8, 4) is 0 Å². The fourth-order valence-corrected chi connectivity index (χ4v) is 3.23. The number of hydrogen-bond donors (Lipinski definition) is 1. The minimum absolute atomic E-state index is 0.173. The molecule has 0 saturated carbocycles. The van der Waals surface area contributed by atoms with Crippen LogP contribution in [0.15, 0.2) is 40.6 Å². The van der Waals surface area contributed by atoms with Gasteiger partial charge in [-0.25, -0.2) is 4.79 Å². The Hall–Kier alpha value is -1.50. The first kappa shape index (κ1) is 16.9. The number of thiophene rings is 1. The monoisotopic (exact) mass is 355 g/mol. The van der Waals surface area contributed by atoms with Crippen molar-refractivity contribution in [3.63, 3.8) is 0 Å². The molecule has 0 atom stereocenters. The van der Waals surface area contributed by atoms with Gasteiger partial charge in [0.25, 0.3) is 0 Å². The van der Waals surface area contributed by atoms with Gasteiger partial charge in [0.2, 0.25) is 5.91 Å². The molecular weight excluding hydrogens is 342 g/mol. The zero-order valence-corrected chi connectivity index (χ0v) is 14.2. The Morgan fingerprint density at radius 3 is 2.68 bits per heavy atom. The Kier molecular flexibility index (Phi) is 6.30. The van der Waals surface area contributed by atoms with Crippen LogP contribution in [0.5, 0.6) is 0 Å². The van der Waals surface area contributed by atoms with E-state index in [4.69, 9.17) is 16.3 Å². The second kappa shape index (κ2) is 8.22. The molecule has 1 aromatic heterocycles. The number of amides is 1. The lowest BCUT2D eigenvalue weighted by molar-refractivity contribution is -0.113. The summed E-state index contributed by atoms with van der Waals surface area (Å²) < 4.78 is 4.95. The van der Waals surface area contributed by atoms with Crippen LogP contribution in [0.2, 0.25) is 5.02 Å². The Morgan fingerprint density at radius 1 is 1.27 bits per heavy atom. The number of esters is 1. The van der Waals surface area contributed by atoms with Crippen LogP contribution in [0, 0.1) is 0 Å². The number of ether oxygens (including phenoxy) is 1. The molecule has 1 heterocycles. The fourth-order valence-electron chi connectivity index (χ4n) is 1.62. The van der Waals surface area contributed by atoms with Crippen LogP contribution < -0.4 is 5.32 Å². The standard InChI is InChI=1S/C15H14ClNO3S2/c1-2-20-15(19)12-7-8-21-14(12)17-13(18)9-22-11-5-3-10(16)4-6-11/h3-8H,2,9H2,1H3,(H,17,18). The van der Waals surface area contributed by atoms with Crippen molar-refractivity contribution >= 4 is 51.6 Å². The molecular formula is C15H14ClNO3S2. The van der Waals surface area contributed by atoms with Crippen molar-refractivity contribution in [2.45, 2.75) is 11.8 Å². The van der Waals surface area contributed by atoms with E-state index in [9.17, 15) is 9.59 Å². The van der Waals surface area contributed by atoms with E-state index in [0.29, 0.717) is 22.2 Å². The van der Waals surface area contributed by atoms with Crippen LogP contribution in [0.25, 0.3) is 0 Å². The molecule has 0 radical (unpaired) electrons. The third kappa shape index (κ3) is 4.76. The van der Waals surface area contributed by atoms with E-state index in [1.165, 1.54) is 23.1 Å². The summed E-state index contributed by atoms with van der Waals surface area (Å²) in [5.74, 6) is -0.348. The number of rotatable bonds is 6. The second-order valence-corrected chi connectivity index (χ2v) is 6.58. The van der Waals surface area contributed by atoms with Crippen LogP contribution in [0.4, 0.5) is 5.00 Å². The van der Waals surface area contributed by atoms with E-state index in [2.05, 4.69) is 5.32 Å². The molecule has 116 valence electrons. The third-order valence-electron chi connectivity index (χ3n) is 2.60. The maximum absolute atomic E-state index is 12.0. The molecule has 2 rings (SSSR count). The van der Waals surface area contributed by atoms with Gasteiger partial charge in [-0.05, 0) is 42.6 Å². The average Bonchev–Trinajstić information content (AvgIpc) is 2.95. The van der Waals surface area contributed by atoms with Gasteiger partial charge in [-0.15, -0.1) is 23.1 Å². The summed E-state index contributed by atoms with van der Waals surface area (Å²) in [7, 11) is 0. The van der Waals surface area contributed by atoms with Crippen LogP contribution in [-0.4, -0.2) is 24.2 Å². The van der Waals surface area contributed by atoms with Crippen molar-refractivity contribution in [3.05, 3.63) is 46.3 Å². The maximum atomic E-state index is 12.0. The quantitative estimate of drug-likeness (QED) is 0.619. The Labute approximate surface area is 141 Å². The topological polar surface area (TPSA) is 55.4 Å².